The third-order valence-corrected chi connectivity index (χ3v) is 5.80. The lowest BCUT2D eigenvalue weighted by molar-refractivity contribution is -0.140. The first-order chi connectivity index (χ1) is 13.5. The highest BCUT2D eigenvalue weighted by Crippen LogP contribution is 2.52. The van der Waals surface area contributed by atoms with Crippen LogP contribution >= 0.6 is 24.0 Å². The summed E-state index contributed by atoms with van der Waals surface area (Å²) in [7, 11) is 1.57. The smallest absolute Gasteiger partial charge is 0.233 e. The molecule has 9 heteroatoms. The molecule has 4 unspecified atom stereocenters. The first-order valence-electron chi connectivity index (χ1n) is 9.41. The predicted molar refractivity (Wildman–Crippen MR) is 114 cm³/mol. The van der Waals surface area contributed by atoms with Crippen LogP contribution in [0.1, 0.15) is 12.0 Å². The normalized spacial score (nSPS) is 27.3. The van der Waals surface area contributed by atoms with Gasteiger partial charge in [0.15, 0.2) is 5.96 Å². The summed E-state index contributed by atoms with van der Waals surface area (Å²) in [5.41, 5.74) is 0.446. The van der Waals surface area contributed by atoms with Gasteiger partial charge in [-0.1, -0.05) is 12.2 Å². The van der Waals surface area contributed by atoms with Gasteiger partial charge in [0.25, 0.3) is 0 Å². The van der Waals surface area contributed by atoms with Crippen LogP contribution in [-0.2, 0) is 16.1 Å². The molecule has 1 aromatic carbocycles. The van der Waals surface area contributed by atoms with Gasteiger partial charge >= 0.3 is 0 Å². The summed E-state index contributed by atoms with van der Waals surface area (Å²) < 4.78 is 26.5. The van der Waals surface area contributed by atoms with Crippen molar-refractivity contribution in [3.63, 3.8) is 0 Å². The minimum absolute atomic E-state index is 0. The number of halogens is 3. The number of likely N-dealkylation sites (tertiary alicyclic amines) is 1. The molecule has 4 rings (SSSR count). The average molecular weight is 516 g/mol. The summed E-state index contributed by atoms with van der Waals surface area (Å²) in [4.78, 5) is 30.7. The molecule has 1 aliphatic heterocycles. The minimum atomic E-state index is -0.639. The Morgan fingerprint density at radius 2 is 1.66 bits per heavy atom. The van der Waals surface area contributed by atoms with E-state index in [1.54, 1.807) is 7.05 Å². The van der Waals surface area contributed by atoms with Crippen molar-refractivity contribution in [2.45, 2.75) is 13.0 Å². The quantitative estimate of drug-likeness (QED) is 0.207. The first-order valence-corrected chi connectivity index (χ1v) is 9.41. The Morgan fingerprint density at radius 1 is 1.07 bits per heavy atom. The van der Waals surface area contributed by atoms with E-state index in [4.69, 9.17) is 0 Å². The molecule has 0 spiro atoms. The number of carbonyl (C=O) groups excluding carboxylic acids is 2. The maximum absolute atomic E-state index is 13.3. The van der Waals surface area contributed by atoms with E-state index in [0.717, 1.165) is 12.5 Å². The molecule has 4 atom stereocenters. The number of guanidine groups is 1. The van der Waals surface area contributed by atoms with Gasteiger partial charge in [-0.3, -0.25) is 19.5 Å². The van der Waals surface area contributed by atoms with Crippen molar-refractivity contribution in [2.75, 3.05) is 20.1 Å². The summed E-state index contributed by atoms with van der Waals surface area (Å²) in [6, 6.07) is 3.30. The SMILES string of the molecule is CN=C(NCCN1C(=O)C2C3C=CC(C3)C2C1=O)NCc1cc(F)cc(F)c1.I. The van der Waals surface area contributed by atoms with Gasteiger partial charge in [-0.2, -0.15) is 0 Å². The van der Waals surface area contributed by atoms with Crippen molar-refractivity contribution in [1.82, 2.24) is 15.5 Å². The van der Waals surface area contributed by atoms with Crippen LogP contribution in [0.4, 0.5) is 8.78 Å². The molecule has 1 saturated heterocycles. The highest BCUT2D eigenvalue weighted by Gasteiger charge is 2.58. The lowest BCUT2D eigenvalue weighted by Crippen LogP contribution is -2.43. The van der Waals surface area contributed by atoms with E-state index in [1.807, 2.05) is 0 Å². The third-order valence-electron chi connectivity index (χ3n) is 5.80. The van der Waals surface area contributed by atoms with E-state index in [1.165, 1.54) is 17.0 Å². The fourth-order valence-electron chi connectivity index (χ4n) is 4.59. The fourth-order valence-corrected chi connectivity index (χ4v) is 4.59. The number of benzene rings is 1. The van der Waals surface area contributed by atoms with Crippen molar-refractivity contribution in [3.05, 3.63) is 47.5 Å². The monoisotopic (exact) mass is 516 g/mol. The van der Waals surface area contributed by atoms with E-state index in [0.29, 0.717) is 18.1 Å². The lowest BCUT2D eigenvalue weighted by Gasteiger charge is -2.18. The molecular formula is C20H23F2IN4O2. The van der Waals surface area contributed by atoms with Crippen molar-refractivity contribution in [1.29, 1.82) is 0 Å². The van der Waals surface area contributed by atoms with Crippen molar-refractivity contribution in [3.8, 4) is 0 Å². The number of imide groups is 1. The molecule has 1 heterocycles. The highest BCUT2D eigenvalue weighted by atomic mass is 127. The summed E-state index contributed by atoms with van der Waals surface area (Å²) in [5.74, 6) is -0.995. The Labute approximate surface area is 184 Å². The molecule has 1 saturated carbocycles. The maximum Gasteiger partial charge on any atom is 0.233 e. The van der Waals surface area contributed by atoms with E-state index in [9.17, 15) is 18.4 Å². The van der Waals surface area contributed by atoms with Crippen molar-refractivity contribution in [2.24, 2.45) is 28.7 Å². The molecule has 1 aromatic rings. The number of nitrogens with zero attached hydrogens (tertiary/aromatic N) is 2. The largest absolute Gasteiger partial charge is 0.355 e. The third kappa shape index (κ3) is 4.15. The van der Waals surface area contributed by atoms with Crippen LogP contribution in [0, 0.1) is 35.3 Å². The second-order valence-corrected chi connectivity index (χ2v) is 7.46. The van der Waals surface area contributed by atoms with Gasteiger partial charge < -0.3 is 10.6 Å². The van der Waals surface area contributed by atoms with Crippen LogP contribution in [-0.4, -0.2) is 42.8 Å². The van der Waals surface area contributed by atoms with Crippen LogP contribution in [0.3, 0.4) is 0 Å². The molecule has 0 radical (unpaired) electrons. The Balaban J connectivity index is 0.00000240. The van der Waals surface area contributed by atoms with Crippen molar-refractivity contribution >= 4 is 41.8 Å². The second-order valence-electron chi connectivity index (χ2n) is 7.46. The minimum Gasteiger partial charge on any atom is -0.355 e. The second kappa shape index (κ2) is 8.76. The number of hydrogen-bond acceptors (Lipinski definition) is 3. The maximum atomic E-state index is 13.3. The van der Waals surface area contributed by atoms with E-state index in [-0.39, 0.29) is 72.6 Å². The number of fused-ring (bicyclic) bond motifs is 5. The van der Waals surface area contributed by atoms with Crippen LogP contribution in [0.15, 0.2) is 35.3 Å². The number of allylic oxidation sites excluding steroid dienone is 2. The number of carbonyl (C=O) groups is 2. The van der Waals surface area contributed by atoms with Crippen LogP contribution < -0.4 is 10.6 Å². The molecule has 29 heavy (non-hydrogen) atoms. The topological polar surface area (TPSA) is 73.8 Å². The number of amides is 2. The van der Waals surface area contributed by atoms with Crippen LogP contribution in [0.2, 0.25) is 0 Å². The summed E-state index contributed by atoms with van der Waals surface area (Å²) in [6.07, 6.45) is 5.05. The first kappa shape index (κ1) is 21.7. The lowest BCUT2D eigenvalue weighted by atomic mass is 9.85. The van der Waals surface area contributed by atoms with Gasteiger partial charge in [-0.05, 0) is 36.0 Å². The van der Waals surface area contributed by atoms with Gasteiger partial charge in [-0.15, -0.1) is 24.0 Å². The fraction of sp³-hybridized carbons (Fsp3) is 0.450. The van der Waals surface area contributed by atoms with E-state index in [2.05, 4.69) is 27.8 Å². The van der Waals surface area contributed by atoms with Gasteiger partial charge in [-0.25, -0.2) is 8.78 Å². The van der Waals surface area contributed by atoms with E-state index >= 15 is 0 Å². The molecular weight excluding hydrogens is 493 g/mol. The van der Waals surface area contributed by atoms with Gasteiger partial charge in [0.1, 0.15) is 11.6 Å². The molecule has 0 aromatic heterocycles. The average Bonchev–Trinajstić information content (AvgIpc) is 3.33. The Hall–Kier alpha value is -2.04. The van der Waals surface area contributed by atoms with Gasteiger partial charge in [0.2, 0.25) is 11.8 Å². The van der Waals surface area contributed by atoms with Crippen LogP contribution in [0.25, 0.3) is 0 Å². The standard InChI is InChI=1S/C20H22F2N4O2.HI/c1-23-20(25-10-11-6-14(21)9-15(22)7-11)24-4-5-26-18(27)16-12-2-3-13(8-12)17(16)19(26)28;/h2-3,6-7,9,12-13,16-17H,4-5,8,10H2,1H3,(H2,23,24,25);1H. The summed E-state index contributed by atoms with van der Waals surface area (Å²) in [5, 5.41) is 5.99. The van der Waals surface area contributed by atoms with Crippen molar-refractivity contribution < 1.29 is 18.4 Å². The molecule has 2 aliphatic carbocycles. The van der Waals surface area contributed by atoms with Gasteiger partial charge in [0, 0.05) is 32.7 Å². The molecule has 3 aliphatic rings. The number of hydrogen-bond donors (Lipinski definition) is 2. The molecule has 156 valence electrons. The number of nitrogens with one attached hydrogen (secondary N) is 2. The van der Waals surface area contributed by atoms with E-state index < -0.39 is 11.6 Å². The Morgan fingerprint density at radius 3 is 2.21 bits per heavy atom. The zero-order chi connectivity index (χ0) is 19.8. The summed E-state index contributed by atoms with van der Waals surface area (Å²) in [6.45, 7) is 0.797. The molecule has 2 N–H and O–H groups in total. The Bertz CT molecular complexity index is 826. The zero-order valence-electron chi connectivity index (χ0n) is 15.9. The van der Waals surface area contributed by atoms with Gasteiger partial charge in [0.05, 0.1) is 11.8 Å². The molecule has 2 amide bonds. The number of rotatable bonds is 5. The molecule has 2 bridgehead atoms. The Kier molecular flexibility index (Phi) is 6.55. The zero-order valence-corrected chi connectivity index (χ0v) is 18.2. The number of aliphatic imine (C=N–C) groups is 1. The summed E-state index contributed by atoms with van der Waals surface area (Å²) >= 11 is 0. The van der Waals surface area contributed by atoms with Crippen LogP contribution in [0.5, 0.6) is 0 Å². The molecule has 6 nitrogen and oxygen atoms in total. The predicted octanol–water partition coefficient (Wildman–Crippen LogP) is 2.05. The molecule has 2 fully saturated rings. The highest BCUT2D eigenvalue weighted by molar-refractivity contribution is 14.0.